The van der Waals surface area contributed by atoms with Crippen molar-refractivity contribution in [3.05, 3.63) is 79.7 Å². The maximum Gasteiger partial charge on any atom is 0.404 e. The predicted molar refractivity (Wildman–Crippen MR) is 128 cm³/mol. The minimum Gasteiger partial charge on any atom is -0.449 e. The van der Waals surface area contributed by atoms with E-state index in [2.05, 4.69) is 0 Å². The molecule has 8 nitrogen and oxygen atoms in total. The number of nitrogens with zero attached hydrogens (tertiary/aromatic N) is 3. The monoisotopic (exact) mass is 508 g/mol. The number of nitrogens with two attached hydrogens (primary N) is 1. The average Bonchev–Trinajstić information content (AvgIpc) is 3.04. The van der Waals surface area contributed by atoms with Crippen molar-refractivity contribution in [3.63, 3.8) is 0 Å². The smallest absolute Gasteiger partial charge is 0.404 e. The Morgan fingerprint density at radius 1 is 1.24 bits per heavy atom. The fourth-order valence-corrected chi connectivity index (χ4v) is 5.15. The molecule has 3 rings (SSSR count). The summed E-state index contributed by atoms with van der Waals surface area (Å²) in [5.41, 5.74) is 6.68. The van der Waals surface area contributed by atoms with Crippen molar-refractivity contribution in [2.45, 2.75) is 42.7 Å². The van der Waals surface area contributed by atoms with Gasteiger partial charge in [0.25, 0.3) is 5.69 Å². The summed E-state index contributed by atoms with van der Waals surface area (Å²) in [6.45, 7) is 4.45. The van der Waals surface area contributed by atoms with Gasteiger partial charge in [0.1, 0.15) is 17.5 Å². The lowest BCUT2D eigenvalue weighted by Gasteiger charge is -2.14. The van der Waals surface area contributed by atoms with Crippen molar-refractivity contribution < 1.29 is 14.5 Å². The normalized spacial score (nSPS) is 11.1. The van der Waals surface area contributed by atoms with E-state index in [0.29, 0.717) is 28.8 Å². The number of rotatable bonds is 9. The van der Waals surface area contributed by atoms with E-state index >= 15 is 0 Å². The van der Waals surface area contributed by atoms with Gasteiger partial charge < -0.3 is 15.0 Å². The van der Waals surface area contributed by atoms with Crippen LogP contribution in [-0.2, 0) is 17.7 Å². The number of carbonyl (C=O) groups is 1. The van der Waals surface area contributed by atoms with E-state index in [1.165, 1.54) is 23.9 Å². The van der Waals surface area contributed by atoms with Crippen molar-refractivity contribution in [3.8, 4) is 0 Å². The van der Waals surface area contributed by atoms with Crippen LogP contribution < -0.4 is 5.73 Å². The molecule has 0 saturated carbocycles. The van der Waals surface area contributed by atoms with Gasteiger partial charge in [-0.05, 0) is 29.7 Å². The van der Waals surface area contributed by atoms with E-state index in [0.717, 1.165) is 21.2 Å². The van der Waals surface area contributed by atoms with Gasteiger partial charge in [-0.25, -0.2) is 9.78 Å². The third-order valence-corrected chi connectivity index (χ3v) is 6.19. The summed E-state index contributed by atoms with van der Waals surface area (Å²) in [4.78, 5) is 27.5. The summed E-state index contributed by atoms with van der Waals surface area (Å²) in [5, 5.41) is 13.1. The minimum absolute atomic E-state index is 0.00568. The number of nitro groups is 1. The van der Waals surface area contributed by atoms with Gasteiger partial charge in [-0.1, -0.05) is 60.9 Å². The van der Waals surface area contributed by atoms with Crippen LogP contribution in [-0.4, -0.2) is 27.2 Å². The van der Waals surface area contributed by atoms with Gasteiger partial charge >= 0.3 is 6.09 Å². The minimum atomic E-state index is -0.862. The second-order valence-electron chi connectivity index (χ2n) is 7.51. The van der Waals surface area contributed by atoms with Crippen molar-refractivity contribution in [1.82, 2.24) is 9.55 Å². The number of hydrogen-bond acceptors (Lipinski definition) is 6. The molecule has 0 bridgehead atoms. The number of hydrogen-bond donors (Lipinski definition) is 1. The molecule has 0 saturated heterocycles. The molecule has 1 heterocycles. The van der Waals surface area contributed by atoms with Crippen LogP contribution in [0.5, 0.6) is 0 Å². The zero-order valence-electron chi connectivity index (χ0n) is 18.0. The van der Waals surface area contributed by atoms with E-state index in [-0.39, 0.29) is 18.2 Å². The number of primary amides is 1. The van der Waals surface area contributed by atoms with Gasteiger partial charge in [0.2, 0.25) is 0 Å². The van der Waals surface area contributed by atoms with Gasteiger partial charge in [0.05, 0.1) is 17.2 Å². The standard InChI is InChI=1S/C22H22Cl2N4O4S/c1-13(2)20-21(33-18-10-15(23)9-16(24)11-18)27(19(26-20)6-7-32-22(25)29)12-14-4-3-5-17(8-14)28(30)31/h3-5,8-11,13H,6-7,12H2,1-2H3,(H2,25,29). The summed E-state index contributed by atoms with van der Waals surface area (Å²) in [5.74, 6) is 0.756. The maximum atomic E-state index is 11.2. The highest BCUT2D eigenvalue weighted by Crippen LogP contribution is 2.37. The first-order valence-electron chi connectivity index (χ1n) is 10.0. The number of non-ortho nitro benzene ring substituents is 1. The first-order valence-corrected chi connectivity index (χ1v) is 11.6. The van der Waals surface area contributed by atoms with Crippen LogP contribution in [0.1, 0.15) is 36.8 Å². The Morgan fingerprint density at radius 2 is 1.94 bits per heavy atom. The van der Waals surface area contributed by atoms with Crippen LogP contribution in [0.15, 0.2) is 52.4 Å². The molecule has 3 aromatic rings. The van der Waals surface area contributed by atoms with Crippen LogP contribution >= 0.6 is 35.0 Å². The molecule has 0 aliphatic carbocycles. The van der Waals surface area contributed by atoms with Crippen LogP contribution in [0.3, 0.4) is 0 Å². The number of imidazole rings is 1. The predicted octanol–water partition coefficient (Wildman–Crippen LogP) is 6.06. The van der Waals surface area contributed by atoms with Crippen LogP contribution in [0.2, 0.25) is 10.0 Å². The molecule has 2 aromatic carbocycles. The van der Waals surface area contributed by atoms with Gasteiger partial charge in [0.15, 0.2) is 0 Å². The number of carbonyl (C=O) groups excluding carboxylic acids is 1. The SMILES string of the molecule is CC(C)c1nc(CCOC(N)=O)n(Cc2cccc([N+](=O)[O-])c2)c1Sc1cc(Cl)cc(Cl)c1. The van der Waals surface area contributed by atoms with E-state index in [1.807, 2.05) is 36.6 Å². The molecule has 0 spiro atoms. The van der Waals surface area contributed by atoms with Crippen molar-refractivity contribution in [2.24, 2.45) is 5.73 Å². The highest BCUT2D eigenvalue weighted by atomic mass is 35.5. The molecule has 11 heteroatoms. The van der Waals surface area contributed by atoms with Crippen molar-refractivity contribution >= 4 is 46.7 Å². The lowest BCUT2D eigenvalue weighted by molar-refractivity contribution is -0.384. The number of aromatic nitrogens is 2. The molecule has 33 heavy (non-hydrogen) atoms. The Labute approximate surface area is 205 Å². The van der Waals surface area contributed by atoms with E-state index in [4.69, 9.17) is 38.7 Å². The Kier molecular flexibility index (Phi) is 8.23. The molecule has 0 aliphatic rings. The summed E-state index contributed by atoms with van der Waals surface area (Å²) < 4.78 is 6.89. The molecular weight excluding hydrogens is 487 g/mol. The fraction of sp³-hybridized carbons (Fsp3) is 0.273. The number of amides is 1. The highest BCUT2D eigenvalue weighted by Gasteiger charge is 2.22. The second-order valence-corrected chi connectivity index (χ2v) is 9.45. The first-order chi connectivity index (χ1) is 15.6. The summed E-state index contributed by atoms with van der Waals surface area (Å²) in [7, 11) is 0. The summed E-state index contributed by atoms with van der Waals surface area (Å²) in [6, 6.07) is 11.7. The molecule has 0 atom stereocenters. The second kappa shape index (κ2) is 10.9. The van der Waals surface area contributed by atoms with Crippen molar-refractivity contribution in [1.29, 1.82) is 0 Å². The molecule has 0 radical (unpaired) electrons. The van der Waals surface area contributed by atoms with E-state index < -0.39 is 11.0 Å². The fourth-order valence-electron chi connectivity index (χ4n) is 3.23. The van der Waals surface area contributed by atoms with E-state index in [9.17, 15) is 14.9 Å². The lowest BCUT2D eigenvalue weighted by atomic mass is 10.1. The topological polar surface area (TPSA) is 113 Å². The van der Waals surface area contributed by atoms with E-state index in [1.54, 1.807) is 12.1 Å². The Morgan fingerprint density at radius 3 is 2.55 bits per heavy atom. The van der Waals surface area contributed by atoms with Crippen LogP contribution in [0.4, 0.5) is 10.5 Å². The highest BCUT2D eigenvalue weighted by molar-refractivity contribution is 7.99. The molecular formula is C22H22Cl2N4O4S. The van der Waals surface area contributed by atoms with Gasteiger partial charge in [-0.15, -0.1) is 0 Å². The Balaban J connectivity index is 2.07. The molecule has 0 fully saturated rings. The average molecular weight is 509 g/mol. The molecule has 0 aliphatic heterocycles. The zero-order chi connectivity index (χ0) is 24.1. The summed E-state index contributed by atoms with van der Waals surface area (Å²) >= 11 is 13.8. The first kappa shape index (κ1) is 24.9. The number of halogens is 2. The largest absolute Gasteiger partial charge is 0.449 e. The van der Waals surface area contributed by atoms with Crippen LogP contribution in [0, 0.1) is 10.1 Å². The van der Waals surface area contributed by atoms with Gasteiger partial charge in [-0.3, -0.25) is 10.1 Å². The van der Waals surface area contributed by atoms with Gasteiger partial charge in [-0.2, -0.15) is 0 Å². The third kappa shape index (κ3) is 6.63. The third-order valence-electron chi connectivity index (χ3n) is 4.65. The Bertz CT molecular complexity index is 1160. The number of ether oxygens (including phenoxy) is 1. The van der Waals surface area contributed by atoms with Crippen molar-refractivity contribution in [2.75, 3.05) is 6.61 Å². The van der Waals surface area contributed by atoms with Crippen LogP contribution in [0.25, 0.3) is 0 Å². The Hall–Kier alpha value is -2.75. The molecule has 0 unspecified atom stereocenters. The zero-order valence-corrected chi connectivity index (χ0v) is 20.3. The quantitative estimate of drug-likeness (QED) is 0.277. The van der Waals surface area contributed by atoms with Gasteiger partial charge in [0, 0.05) is 33.5 Å². The lowest BCUT2D eigenvalue weighted by Crippen LogP contribution is -2.16. The molecule has 1 amide bonds. The number of nitro benzene ring substituents is 1. The molecule has 174 valence electrons. The summed E-state index contributed by atoms with van der Waals surface area (Å²) in [6.07, 6.45) is -0.534. The molecule has 1 aromatic heterocycles. The molecule has 2 N–H and O–H groups in total. The maximum absolute atomic E-state index is 11.2. The number of benzene rings is 2.